The van der Waals surface area contributed by atoms with Crippen molar-refractivity contribution < 1.29 is 38.0 Å². The average molecular weight is 1020 g/mol. The predicted molar refractivity (Wildman–Crippen MR) is 299 cm³/mol. The van der Waals surface area contributed by atoms with Crippen LogP contribution >= 0.6 is 21.6 Å². The van der Waals surface area contributed by atoms with Gasteiger partial charge in [0.25, 0.3) is 0 Å². The van der Waals surface area contributed by atoms with Gasteiger partial charge in [-0.15, -0.1) is 0 Å². The largest absolute Gasteiger partial charge is 0.463 e. The Morgan fingerprint density at radius 3 is 1.22 bits per heavy atom. The molecule has 0 radical (unpaired) electrons. The van der Waals surface area contributed by atoms with E-state index in [9.17, 15) is 4.79 Å². The maximum atomic E-state index is 12.0. The van der Waals surface area contributed by atoms with Crippen LogP contribution in [0.25, 0.3) is 0 Å². The molecule has 0 amide bonds. The van der Waals surface area contributed by atoms with Crippen LogP contribution < -0.4 is 0 Å². The summed E-state index contributed by atoms with van der Waals surface area (Å²) in [5.74, 6) is 7.54. The molecule has 1 aliphatic heterocycles. The van der Waals surface area contributed by atoms with Gasteiger partial charge in [0.1, 0.15) is 12.7 Å². The fourth-order valence-electron chi connectivity index (χ4n) is 9.32. The van der Waals surface area contributed by atoms with Gasteiger partial charge in [-0.25, -0.2) is 0 Å². The van der Waals surface area contributed by atoms with Crippen LogP contribution in [0.15, 0.2) is 0 Å². The zero-order valence-electron chi connectivity index (χ0n) is 47.2. The summed E-state index contributed by atoms with van der Waals surface area (Å²) in [7, 11) is 3.97. The first-order valence-corrected chi connectivity index (χ1v) is 31.7. The lowest BCUT2D eigenvalue weighted by Crippen LogP contribution is -2.28. The highest BCUT2D eigenvalue weighted by atomic mass is 33.1. The monoisotopic (exact) mass is 1020 g/mol. The van der Waals surface area contributed by atoms with Crippen LogP contribution in [0.1, 0.15) is 230 Å². The first-order chi connectivity index (χ1) is 33.3. The third-order valence-electron chi connectivity index (χ3n) is 14.3. The number of esters is 1. The first-order valence-electron chi connectivity index (χ1n) is 29.3. The molecule has 10 heteroatoms. The highest BCUT2D eigenvalue weighted by Gasteiger charge is 2.17. The second kappa shape index (κ2) is 47.6. The van der Waals surface area contributed by atoms with E-state index in [1.54, 1.807) is 0 Å². The predicted octanol–water partition coefficient (Wildman–Crippen LogP) is 16.6. The molecule has 1 fully saturated rings. The van der Waals surface area contributed by atoms with Crippen molar-refractivity contribution in [3.63, 3.8) is 0 Å². The second-order valence-electron chi connectivity index (χ2n) is 22.9. The summed E-state index contributed by atoms with van der Waals surface area (Å²) in [6, 6.07) is 0. The van der Waals surface area contributed by atoms with Crippen molar-refractivity contribution in [1.29, 1.82) is 0 Å². The number of hydrogen-bond acceptors (Lipinski definition) is 10. The molecule has 0 aromatic heterocycles. The van der Waals surface area contributed by atoms with Crippen molar-refractivity contribution in [3.05, 3.63) is 0 Å². The summed E-state index contributed by atoms with van der Waals surface area (Å²) in [5, 5.41) is 0.767. The van der Waals surface area contributed by atoms with Gasteiger partial charge in [0.15, 0.2) is 0 Å². The fourth-order valence-corrected chi connectivity index (χ4v) is 12.3. The van der Waals surface area contributed by atoms with Gasteiger partial charge in [0, 0.05) is 30.6 Å². The molecule has 0 aliphatic carbocycles. The molecule has 0 N–H and O–H groups in total. The average Bonchev–Trinajstić information content (AvgIpc) is 3.82. The molecule has 8 nitrogen and oxygen atoms in total. The van der Waals surface area contributed by atoms with E-state index in [0.29, 0.717) is 84.3 Å². The van der Waals surface area contributed by atoms with Crippen molar-refractivity contribution in [2.75, 3.05) is 85.0 Å². The SMILES string of the molecule is CC(C)CCC[C@@H](C)CCC[C@@H](C)CCC[C@H](C)CCOC[C@H](COCCOCCOCCOCCOC(=O)CCCCC1CCSS1)OCC[C@@H](C)CCC[C@H](C)CCC[C@H](C)CCCC(C)C. The Bertz CT molecular complexity index is 1090. The lowest BCUT2D eigenvalue weighted by molar-refractivity contribution is -0.145. The lowest BCUT2D eigenvalue weighted by atomic mass is 9.91. The van der Waals surface area contributed by atoms with Crippen LogP contribution in [0.4, 0.5) is 0 Å². The topological polar surface area (TPSA) is 81.7 Å². The van der Waals surface area contributed by atoms with Crippen LogP contribution in [0.5, 0.6) is 0 Å². The van der Waals surface area contributed by atoms with Gasteiger partial charge in [-0.3, -0.25) is 4.79 Å². The van der Waals surface area contributed by atoms with Gasteiger partial charge in [-0.05, 0) is 79.4 Å². The van der Waals surface area contributed by atoms with Crippen molar-refractivity contribution in [3.8, 4) is 0 Å². The number of unbranched alkanes of at least 4 members (excludes halogenated alkanes) is 1. The highest BCUT2D eigenvalue weighted by Crippen LogP contribution is 2.40. The first kappa shape index (κ1) is 66.9. The molecule has 0 bridgehead atoms. The van der Waals surface area contributed by atoms with E-state index in [1.165, 1.54) is 134 Å². The molecule has 1 aliphatic rings. The van der Waals surface area contributed by atoms with Crippen molar-refractivity contribution >= 4 is 27.6 Å². The zero-order valence-corrected chi connectivity index (χ0v) is 48.9. The molecule has 0 aromatic rings. The summed E-state index contributed by atoms with van der Waals surface area (Å²) in [4.78, 5) is 12.0. The minimum Gasteiger partial charge on any atom is -0.463 e. The van der Waals surface area contributed by atoms with Crippen molar-refractivity contribution in [2.45, 2.75) is 241 Å². The molecule has 8 atom stereocenters. The van der Waals surface area contributed by atoms with Gasteiger partial charge in [0.2, 0.25) is 0 Å². The maximum absolute atomic E-state index is 12.0. The van der Waals surface area contributed by atoms with Gasteiger partial charge < -0.3 is 33.2 Å². The molecular weight excluding hydrogens is 901 g/mol. The van der Waals surface area contributed by atoms with Crippen LogP contribution in [0, 0.1) is 47.3 Å². The minimum atomic E-state index is -0.125. The number of carbonyl (C=O) groups is 1. The van der Waals surface area contributed by atoms with Crippen LogP contribution in [-0.4, -0.2) is 102 Å². The van der Waals surface area contributed by atoms with Gasteiger partial charge >= 0.3 is 5.97 Å². The van der Waals surface area contributed by atoms with E-state index >= 15 is 0 Å². The molecule has 1 rings (SSSR count). The molecular formula is C59H116O8S2. The molecule has 1 heterocycles. The molecule has 0 saturated carbocycles. The van der Waals surface area contributed by atoms with E-state index in [0.717, 1.165) is 79.7 Å². The Morgan fingerprint density at radius 1 is 0.420 bits per heavy atom. The van der Waals surface area contributed by atoms with Crippen LogP contribution in [0.2, 0.25) is 0 Å². The lowest BCUT2D eigenvalue weighted by Gasteiger charge is -2.21. The Labute approximate surface area is 437 Å². The number of rotatable bonds is 52. The summed E-state index contributed by atoms with van der Waals surface area (Å²) >= 11 is 0. The quantitative estimate of drug-likeness (QED) is 0.0334. The third kappa shape index (κ3) is 46.2. The van der Waals surface area contributed by atoms with Gasteiger partial charge in [0.05, 0.1) is 59.5 Å². The summed E-state index contributed by atoms with van der Waals surface area (Å²) in [6.07, 6.45) is 31.6. The summed E-state index contributed by atoms with van der Waals surface area (Å²) < 4.78 is 41.0. The molecule has 0 spiro atoms. The Balaban J connectivity index is 2.26. The van der Waals surface area contributed by atoms with Crippen molar-refractivity contribution in [2.24, 2.45) is 47.3 Å². The molecule has 0 aromatic carbocycles. The van der Waals surface area contributed by atoms with E-state index in [-0.39, 0.29) is 12.1 Å². The summed E-state index contributed by atoms with van der Waals surface area (Å²) in [6.45, 7) is 30.2. The smallest absolute Gasteiger partial charge is 0.305 e. The van der Waals surface area contributed by atoms with Gasteiger partial charge in [-0.1, -0.05) is 213 Å². The van der Waals surface area contributed by atoms with Crippen LogP contribution in [-0.2, 0) is 38.0 Å². The summed E-state index contributed by atoms with van der Waals surface area (Å²) in [5.41, 5.74) is 0. The standard InChI is InChI=1S/C59H116O8S2/c1-49(2)19-13-21-51(5)23-15-25-53(7)27-17-29-55(9)33-36-64-47-57(66-37-34-56(10)30-18-28-54(8)26-16-24-52(6)22-14-20-50(3)4)48-65-43-42-62-39-38-61-40-41-63-44-45-67-59(60)32-12-11-31-58-35-46-68-69-58/h49-58H,11-48H2,1-10H3/t51-,52-,53-,54-,55+,56+,57-,58?/m1/s1. The Kier molecular flexibility index (Phi) is 46.2. The minimum absolute atomic E-state index is 0.0734. The van der Waals surface area contributed by atoms with Crippen LogP contribution in [0.3, 0.4) is 0 Å². The molecule has 1 saturated heterocycles. The Morgan fingerprint density at radius 2 is 0.797 bits per heavy atom. The van der Waals surface area contributed by atoms with Crippen molar-refractivity contribution in [1.82, 2.24) is 0 Å². The van der Waals surface area contributed by atoms with E-state index in [4.69, 9.17) is 33.2 Å². The zero-order chi connectivity index (χ0) is 50.6. The second-order valence-corrected chi connectivity index (χ2v) is 25.6. The highest BCUT2D eigenvalue weighted by molar-refractivity contribution is 8.77. The van der Waals surface area contributed by atoms with E-state index < -0.39 is 0 Å². The normalized spacial score (nSPS) is 17.4. The number of ether oxygens (including phenoxy) is 7. The van der Waals surface area contributed by atoms with E-state index in [2.05, 4.69) is 69.2 Å². The van der Waals surface area contributed by atoms with Gasteiger partial charge in [-0.2, -0.15) is 0 Å². The molecule has 69 heavy (non-hydrogen) atoms. The van der Waals surface area contributed by atoms with E-state index in [1.807, 2.05) is 21.6 Å². The fraction of sp³-hybridized carbons (Fsp3) is 0.983. The molecule has 412 valence electrons. The molecule has 1 unspecified atom stereocenters. The number of carbonyl (C=O) groups excluding carboxylic acids is 1. The Hall–Kier alpha value is -0.0700. The third-order valence-corrected chi connectivity index (χ3v) is 17.4. The number of hydrogen-bond donors (Lipinski definition) is 0. The maximum Gasteiger partial charge on any atom is 0.305 e.